The molecule has 3 heterocycles. The lowest BCUT2D eigenvalue weighted by Crippen LogP contribution is -2.69. The molecule has 7 aliphatic rings. The first-order valence-corrected chi connectivity index (χ1v) is 18.2. The summed E-state index contributed by atoms with van der Waals surface area (Å²) >= 11 is 0. The van der Waals surface area contributed by atoms with Crippen LogP contribution in [0.3, 0.4) is 0 Å². The molecule has 46 heavy (non-hydrogen) atoms. The lowest BCUT2D eigenvalue weighted by Gasteiger charge is -2.66. The van der Waals surface area contributed by atoms with Gasteiger partial charge < -0.3 is 39.5 Å². The number of aliphatic imine (C=N–C) groups is 1. The highest BCUT2D eigenvalue weighted by atomic mass is 16.7. The topological polar surface area (TPSA) is 141 Å². The average molecular weight is 645 g/mol. The van der Waals surface area contributed by atoms with E-state index in [1.807, 2.05) is 0 Å². The number of aliphatic hydroxyl groups is 4. The highest BCUT2D eigenvalue weighted by Crippen LogP contribution is 2.70. The zero-order valence-corrected chi connectivity index (χ0v) is 27.8. The fourth-order valence-electron chi connectivity index (χ4n) is 11.4. The Morgan fingerprint density at radius 2 is 1.83 bits per heavy atom. The Labute approximate surface area is 273 Å². The summed E-state index contributed by atoms with van der Waals surface area (Å²) in [5.41, 5.74) is -1.83. The zero-order valence-electron chi connectivity index (χ0n) is 27.8. The van der Waals surface area contributed by atoms with Gasteiger partial charge in [0.25, 0.3) is 0 Å². The third-order valence-corrected chi connectivity index (χ3v) is 14.0. The van der Waals surface area contributed by atoms with E-state index in [4.69, 9.17) is 19.2 Å². The van der Waals surface area contributed by atoms with E-state index in [9.17, 15) is 25.2 Å². The quantitative estimate of drug-likeness (QED) is 0.187. The van der Waals surface area contributed by atoms with Gasteiger partial charge in [0.1, 0.15) is 12.7 Å². The molecule has 0 radical (unpaired) electrons. The molecule has 12 atom stereocenters. The molecule has 3 aliphatic heterocycles. The van der Waals surface area contributed by atoms with Crippen LogP contribution < -0.4 is 0 Å². The Kier molecular flexibility index (Phi) is 8.99. The zero-order chi connectivity index (χ0) is 32.3. The van der Waals surface area contributed by atoms with E-state index >= 15 is 0 Å². The van der Waals surface area contributed by atoms with Crippen molar-refractivity contribution in [3.05, 3.63) is 11.6 Å². The maximum absolute atomic E-state index is 12.8. The second-order valence-electron chi connectivity index (χ2n) is 16.1. The molecule has 7 rings (SSSR count). The average Bonchev–Trinajstić information content (AvgIpc) is 3.58. The largest absolute Gasteiger partial charge is 0.458 e. The number of carbonyl (C=O) groups is 1. The van der Waals surface area contributed by atoms with Crippen molar-refractivity contribution >= 4 is 12.2 Å². The van der Waals surface area contributed by atoms with Gasteiger partial charge in [-0.05, 0) is 108 Å². The van der Waals surface area contributed by atoms with Gasteiger partial charge in [0.15, 0.2) is 6.29 Å². The summed E-state index contributed by atoms with van der Waals surface area (Å²) in [6.07, 6.45) is 11.0. The molecular formula is C36H56N2O8. The smallest absolute Gasteiger partial charge is 0.331 e. The molecule has 258 valence electrons. The van der Waals surface area contributed by atoms with Crippen LogP contribution in [0.5, 0.6) is 0 Å². The number of piperidine rings is 1. The molecule has 4 N–H and O–H groups in total. The van der Waals surface area contributed by atoms with Gasteiger partial charge in [-0.2, -0.15) is 0 Å². The first-order valence-electron chi connectivity index (χ1n) is 18.2. The summed E-state index contributed by atoms with van der Waals surface area (Å²) in [5, 5.41) is 46.0. The van der Waals surface area contributed by atoms with Crippen molar-refractivity contribution < 1.29 is 39.4 Å². The highest BCUT2D eigenvalue weighted by molar-refractivity contribution is 5.85. The van der Waals surface area contributed by atoms with E-state index in [1.54, 1.807) is 13.0 Å². The summed E-state index contributed by atoms with van der Waals surface area (Å²) in [4.78, 5) is 19.6. The SMILES string of the molecule is C[C@@H]1O[C@@H](O[C@H]2CC[C@]3(C=NCCN4CCCCC4)[C@H]4CC[C@]5(C)[C@@H](C6=CC(=O)OC6)CC[C@]5(O)[C@@H]4CC[C@]3(O)C2)C[C@@H](O)[C@H]1O. The molecule has 0 spiro atoms. The monoisotopic (exact) mass is 644 g/mol. The predicted octanol–water partition coefficient (Wildman–Crippen LogP) is 3.14. The van der Waals surface area contributed by atoms with Crippen molar-refractivity contribution in [2.24, 2.45) is 33.6 Å². The number of fused-ring (bicyclic) bond motifs is 5. The van der Waals surface area contributed by atoms with E-state index < -0.39 is 41.2 Å². The van der Waals surface area contributed by atoms with Gasteiger partial charge in [-0.1, -0.05) is 13.3 Å². The minimum atomic E-state index is -1.04. The van der Waals surface area contributed by atoms with Crippen molar-refractivity contribution in [3.8, 4) is 0 Å². The highest BCUT2D eigenvalue weighted by Gasteiger charge is 2.71. The van der Waals surface area contributed by atoms with Gasteiger partial charge >= 0.3 is 5.97 Å². The number of rotatable bonds is 7. The van der Waals surface area contributed by atoms with Crippen molar-refractivity contribution in [1.82, 2.24) is 4.90 Å². The van der Waals surface area contributed by atoms with Gasteiger partial charge in [-0.3, -0.25) is 4.99 Å². The number of hydrogen-bond donors (Lipinski definition) is 4. The van der Waals surface area contributed by atoms with Crippen LogP contribution in [0.4, 0.5) is 0 Å². The summed E-state index contributed by atoms with van der Waals surface area (Å²) in [6, 6.07) is 0. The van der Waals surface area contributed by atoms with Crippen molar-refractivity contribution in [3.63, 3.8) is 0 Å². The number of ether oxygens (including phenoxy) is 3. The lowest BCUT2D eigenvalue weighted by atomic mass is 9.41. The van der Waals surface area contributed by atoms with Crippen molar-refractivity contribution in [2.45, 2.75) is 139 Å². The fraction of sp³-hybridized carbons (Fsp3) is 0.889. The molecule has 0 aromatic heterocycles. The van der Waals surface area contributed by atoms with Gasteiger partial charge in [0, 0.05) is 42.5 Å². The number of carbonyl (C=O) groups excluding carboxylic acids is 1. The van der Waals surface area contributed by atoms with E-state index in [0.717, 1.165) is 57.3 Å². The fourth-order valence-corrected chi connectivity index (χ4v) is 11.4. The van der Waals surface area contributed by atoms with Crippen LogP contribution in [0.1, 0.15) is 97.3 Å². The number of esters is 1. The van der Waals surface area contributed by atoms with Crippen molar-refractivity contribution in [2.75, 3.05) is 32.8 Å². The predicted molar refractivity (Wildman–Crippen MR) is 171 cm³/mol. The van der Waals surface area contributed by atoms with E-state index in [-0.39, 0.29) is 41.7 Å². The molecule has 2 saturated heterocycles. The van der Waals surface area contributed by atoms with Gasteiger partial charge in [0.05, 0.1) is 36.1 Å². The number of hydrogen-bond acceptors (Lipinski definition) is 10. The molecule has 0 unspecified atom stereocenters. The van der Waals surface area contributed by atoms with E-state index in [1.165, 1.54) is 19.3 Å². The van der Waals surface area contributed by atoms with Crippen LogP contribution in [0, 0.1) is 28.6 Å². The maximum atomic E-state index is 12.8. The van der Waals surface area contributed by atoms with Gasteiger partial charge in [-0.15, -0.1) is 0 Å². The third-order valence-electron chi connectivity index (χ3n) is 14.0. The molecule has 10 nitrogen and oxygen atoms in total. The molecule has 10 heteroatoms. The molecule has 6 fully saturated rings. The Bertz CT molecular complexity index is 1190. The van der Waals surface area contributed by atoms with E-state index in [0.29, 0.717) is 38.8 Å². The summed E-state index contributed by atoms with van der Waals surface area (Å²) in [5.74, 6) is -0.0415. The number of aliphatic hydroxyl groups excluding tert-OH is 2. The van der Waals surface area contributed by atoms with Crippen LogP contribution in [-0.4, -0.2) is 112 Å². The van der Waals surface area contributed by atoms with Crippen LogP contribution in [0.25, 0.3) is 0 Å². The van der Waals surface area contributed by atoms with Crippen LogP contribution in [0.2, 0.25) is 0 Å². The Hall–Kier alpha value is -1.40. The Balaban J connectivity index is 1.14. The van der Waals surface area contributed by atoms with E-state index in [2.05, 4.69) is 18.0 Å². The summed E-state index contributed by atoms with van der Waals surface area (Å²) in [6.45, 7) is 8.19. The third kappa shape index (κ3) is 5.42. The van der Waals surface area contributed by atoms with Crippen molar-refractivity contribution in [1.29, 1.82) is 0 Å². The Morgan fingerprint density at radius 1 is 1.04 bits per heavy atom. The minimum Gasteiger partial charge on any atom is -0.458 e. The normalized spacial score (nSPS) is 49.7. The molecule has 4 aliphatic carbocycles. The molecule has 0 amide bonds. The number of likely N-dealkylation sites (tertiary alicyclic amines) is 1. The van der Waals surface area contributed by atoms with Crippen LogP contribution in [0.15, 0.2) is 16.6 Å². The standard InChI is InChI=1S/C36H56N2O8/c1-23-32(41)29(39)19-31(45-23)46-25-6-11-34(22-37-14-17-38-15-4-3-5-16-38)27-7-10-33(2)26(24-18-30(40)44-21-24)9-13-36(33,43)28(27)8-12-35(34,42)20-25/h18,22-23,25-29,31-32,39,41-43H,3-17,19-21H2,1-2H3/t23-,25-,26+,27-,28+,29+,31-,32-,33+,34-,35-,36-/m0/s1. The van der Waals surface area contributed by atoms with Gasteiger partial charge in [0.2, 0.25) is 0 Å². The first-order chi connectivity index (χ1) is 22.0. The minimum absolute atomic E-state index is 0.0281. The summed E-state index contributed by atoms with van der Waals surface area (Å²) in [7, 11) is 0. The Morgan fingerprint density at radius 3 is 2.57 bits per heavy atom. The molecule has 0 aromatic rings. The molecular weight excluding hydrogens is 588 g/mol. The molecule has 4 saturated carbocycles. The number of cyclic esters (lactones) is 1. The second kappa shape index (κ2) is 12.5. The molecule has 0 aromatic carbocycles. The number of nitrogens with zero attached hydrogens (tertiary/aromatic N) is 2. The first kappa shape index (κ1) is 33.1. The lowest BCUT2D eigenvalue weighted by molar-refractivity contribution is -0.282. The summed E-state index contributed by atoms with van der Waals surface area (Å²) < 4.78 is 17.6. The van der Waals surface area contributed by atoms with Crippen LogP contribution in [-0.2, 0) is 19.0 Å². The van der Waals surface area contributed by atoms with Gasteiger partial charge in [-0.25, -0.2) is 4.79 Å². The second-order valence-corrected chi connectivity index (χ2v) is 16.1. The maximum Gasteiger partial charge on any atom is 0.331 e. The molecule has 0 bridgehead atoms. The van der Waals surface area contributed by atoms with Crippen LogP contribution >= 0.6 is 0 Å².